The minimum Gasteiger partial charge on any atom is -0.322 e. The van der Waals surface area contributed by atoms with Gasteiger partial charge in [-0.3, -0.25) is 19.4 Å². The molecule has 0 saturated heterocycles. The second-order valence-corrected chi connectivity index (χ2v) is 4.83. The number of fused-ring (bicyclic) bond motifs is 1. The molecule has 0 radical (unpaired) electrons. The first kappa shape index (κ1) is 14.7. The Kier molecular flexibility index (Phi) is 3.98. The summed E-state index contributed by atoms with van der Waals surface area (Å²) < 4.78 is 1.59. The molecule has 2 aromatic heterocycles. The Balaban J connectivity index is 1.88. The van der Waals surface area contributed by atoms with Crippen LogP contribution >= 0.6 is 0 Å². The number of amides is 2. The van der Waals surface area contributed by atoms with Gasteiger partial charge in [0.15, 0.2) is 5.65 Å². The van der Waals surface area contributed by atoms with Gasteiger partial charge in [0, 0.05) is 11.9 Å². The van der Waals surface area contributed by atoms with E-state index in [4.69, 9.17) is 5.84 Å². The maximum absolute atomic E-state index is 12.3. The molecule has 0 aliphatic rings. The number of rotatable bonds is 4. The third kappa shape index (κ3) is 3.16. The number of carbonyl (C=O) groups is 2. The number of pyridine rings is 1. The van der Waals surface area contributed by atoms with Gasteiger partial charge in [-0.15, -0.1) is 10.2 Å². The average molecular weight is 310 g/mol. The van der Waals surface area contributed by atoms with Crippen LogP contribution in [0, 0.1) is 0 Å². The third-order valence-corrected chi connectivity index (χ3v) is 3.25. The summed E-state index contributed by atoms with van der Waals surface area (Å²) in [5, 5.41) is 10.7. The van der Waals surface area contributed by atoms with Crippen molar-refractivity contribution in [2.75, 3.05) is 5.32 Å². The van der Waals surface area contributed by atoms with E-state index in [0.29, 0.717) is 22.7 Å². The van der Waals surface area contributed by atoms with E-state index in [0.717, 1.165) is 0 Å². The fourth-order valence-corrected chi connectivity index (χ4v) is 2.11. The van der Waals surface area contributed by atoms with E-state index in [-0.39, 0.29) is 12.3 Å². The van der Waals surface area contributed by atoms with Gasteiger partial charge in [-0.25, -0.2) is 5.84 Å². The molecule has 0 aliphatic carbocycles. The summed E-state index contributed by atoms with van der Waals surface area (Å²) in [6.45, 7) is 0. The molecule has 0 bridgehead atoms. The van der Waals surface area contributed by atoms with E-state index >= 15 is 0 Å². The summed E-state index contributed by atoms with van der Waals surface area (Å²) in [4.78, 5) is 23.7. The summed E-state index contributed by atoms with van der Waals surface area (Å²) in [5.41, 5.74) is 3.71. The van der Waals surface area contributed by atoms with Gasteiger partial charge >= 0.3 is 0 Å². The van der Waals surface area contributed by atoms with Crippen LogP contribution < -0.4 is 16.6 Å². The number of carbonyl (C=O) groups excluding carboxylic acids is 2. The summed E-state index contributed by atoms with van der Waals surface area (Å²) >= 11 is 0. The van der Waals surface area contributed by atoms with E-state index in [2.05, 4.69) is 15.5 Å². The lowest BCUT2D eigenvalue weighted by Gasteiger charge is -2.06. The van der Waals surface area contributed by atoms with Gasteiger partial charge in [-0.05, 0) is 24.3 Å². The molecule has 2 heterocycles. The first-order chi connectivity index (χ1) is 11.2. The molecule has 8 nitrogen and oxygen atoms in total. The lowest BCUT2D eigenvalue weighted by molar-refractivity contribution is -0.120. The highest BCUT2D eigenvalue weighted by Crippen LogP contribution is 2.11. The van der Waals surface area contributed by atoms with Crippen LogP contribution in [-0.2, 0) is 11.2 Å². The number of hydrogen-bond donors (Lipinski definition) is 3. The van der Waals surface area contributed by atoms with Gasteiger partial charge in [0.1, 0.15) is 5.82 Å². The topological polar surface area (TPSA) is 114 Å². The molecular formula is C15H14N6O2. The van der Waals surface area contributed by atoms with Crippen LogP contribution in [0.15, 0.2) is 48.7 Å². The molecular weight excluding hydrogens is 296 g/mol. The standard InChI is InChI=1S/C15H14N6O2/c16-18-14(22)8-13-20-19-12-7-6-10(9-21(12)13)15(23)17-11-4-2-1-3-5-11/h1-7,9H,8,16H2,(H,17,23)(H,18,22). The quantitative estimate of drug-likeness (QED) is 0.369. The molecule has 116 valence electrons. The predicted octanol–water partition coefficient (Wildman–Crippen LogP) is 0.514. The van der Waals surface area contributed by atoms with E-state index in [1.54, 1.807) is 34.9 Å². The molecule has 1 aromatic carbocycles. The number of nitrogens with two attached hydrogens (primary N) is 1. The Bertz CT molecular complexity index is 859. The Morgan fingerprint density at radius 2 is 1.87 bits per heavy atom. The molecule has 0 unspecified atom stereocenters. The number of benzene rings is 1. The number of aromatic nitrogens is 3. The molecule has 0 atom stereocenters. The zero-order chi connectivity index (χ0) is 16.2. The molecule has 8 heteroatoms. The molecule has 23 heavy (non-hydrogen) atoms. The van der Waals surface area contributed by atoms with E-state index < -0.39 is 5.91 Å². The van der Waals surface area contributed by atoms with Crippen LogP contribution in [0.1, 0.15) is 16.2 Å². The van der Waals surface area contributed by atoms with Crippen LogP contribution in [0.3, 0.4) is 0 Å². The van der Waals surface area contributed by atoms with Gasteiger partial charge in [0.05, 0.1) is 12.0 Å². The largest absolute Gasteiger partial charge is 0.322 e. The zero-order valence-corrected chi connectivity index (χ0v) is 12.1. The Morgan fingerprint density at radius 1 is 1.09 bits per heavy atom. The van der Waals surface area contributed by atoms with Crippen molar-refractivity contribution in [2.45, 2.75) is 6.42 Å². The highest BCUT2D eigenvalue weighted by Gasteiger charge is 2.13. The highest BCUT2D eigenvalue weighted by atomic mass is 16.2. The molecule has 3 rings (SSSR count). The lowest BCUT2D eigenvalue weighted by atomic mass is 10.2. The first-order valence-corrected chi connectivity index (χ1v) is 6.87. The van der Waals surface area contributed by atoms with Gasteiger partial charge in [-0.1, -0.05) is 18.2 Å². The van der Waals surface area contributed by atoms with Gasteiger partial charge in [-0.2, -0.15) is 0 Å². The van der Waals surface area contributed by atoms with Crippen LogP contribution in [0.2, 0.25) is 0 Å². The molecule has 3 aromatic rings. The van der Waals surface area contributed by atoms with E-state index in [9.17, 15) is 9.59 Å². The fourth-order valence-electron chi connectivity index (χ4n) is 2.11. The zero-order valence-electron chi connectivity index (χ0n) is 12.1. The number of nitrogens with one attached hydrogen (secondary N) is 2. The number of anilines is 1. The van der Waals surface area contributed by atoms with E-state index in [1.807, 2.05) is 23.6 Å². The fraction of sp³-hybridized carbons (Fsp3) is 0.0667. The number of hydrazine groups is 1. The third-order valence-electron chi connectivity index (χ3n) is 3.25. The van der Waals surface area contributed by atoms with Crippen molar-refractivity contribution in [2.24, 2.45) is 5.84 Å². The summed E-state index contributed by atoms with van der Waals surface area (Å²) in [5.74, 6) is 4.82. The number of para-hydroxylation sites is 1. The minimum absolute atomic E-state index is 0.0264. The van der Waals surface area contributed by atoms with Gasteiger partial charge < -0.3 is 5.32 Å². The Labute approximate surface area is 131 Å². The van der Waals surface area contributed by atoms with Crippen molar-refractivity contribution in [3.8, 4) is 0 Å². The molecule has 0 aliphatic heterocycles. The first-order valence-electron chi connectivity index (χ1n) is 6.87. The second kappa shape index (κ2) is 6.24. The molecule has 2 amide bonds. The van der Waals surface area contributed by atoms with Crippen LogP contribution in [0.4, 0.5) is 5.69 Å². The second-order valence-electron chi connectivity index (χ2n) is 4.83. The Morgan fingerprint density at radius 3 is 2.61 bits per heavy atom. The van der Waals surface area contributed by atoms with Crippen molar-refractivity contribution >= 4 is 23.1 Å². The normalized spacial score (nSPS) is 10.5. The smallest absolute Gasteiger partial charge is 0.257 e. The van der Waals surface area contributed by atoms with Crippen molar-refractivity contribution in [3.63, 3.8) is 0 Å². The van der Waals surface area contributed by atoms with Crippen molar-refractivity contribution in [3.05, 3.63) is 60.0 Å². The molecule has 0 saturated carbocycles. The van der Waals surface area contributed by atoms with E-state index in [1.165, 1.54) is 0 Å². The summed E-state index contributed by atoms with van der Waals surface area (Å²) in [7, 11) is 0. The van der Waals surface area contributed by atoms with Crippen LogP contribution in [0.5, 0.6) is 0 Å². The lowest BCUT2D eigenvalue weighted by Crippen LogP contribution is -2.32. The molecule has 4 N–H and O–H groups in total. The highest BCUT2D eigenvalue weighted by molar-refractivity contribution is 6.04. The molecule has 0 fully saturated rings. The minimum atomic E-state index is -0.390. The van der Waals surface area contributed by atoms with Crippen LogP contribution in [-0.4, -0.2) is 26.4 Å². The van der Waals surface area contributed by atoms with Crippen molar-refractivity contribution < 1.29 is 9.59 Å². The van der Waals surface area contributed by atoms with Crippen molar-refractivity contribution in [1.82, 2.24) is 20.0 Å². The summed E-state index contributed by atoms with van der Waals surface area (Å²) in [6, 6.07) is 12.4. The molecule has 0 spiro atoms. The number of hydrogen-bond acceptors (Lipinski definition) is 5. The number of nitrogens with zero attached hydrogens (tertiary/aromatic N) is 3. The maximum Gasteiger partial charge on any atom is 0.257 e. The Hall–Kier alpha value is -3.26. The SMILES string of the molecule is NNC(=O)Cc1nnc2ccc(C(=O)Nc3ccccc3)cn12. The summed E-state index contributed by atoms with van der Waals surface area (Å²) in [6.07, 6.45) is 1.56. The van der Waals surface area contributed by atoms with Crippen LogP contribution in [0.25, 0.3) is 5.65 Å². The maximum atomic E-state index is 12.3. The van der Waals surface area contributed by atoms with Gasteiger partial charge in [0.2, 0.25) is 5.91 Å². The average Bonchev–Trinajstić information content (AvgIpc) is 2.97. The van der Waals surface area contributed by atoms with Gasteiger partial charge in [0.25, 0.3) is 5.91 Å². The van der Waals surface area contributed by atoms with Crippen molar-refractivity contribution in [1.29, 1.82) is 0 Å². The monoisotopic (exact) mass is 310 g/mol. The predicted molar refractivity (Wildman–Crippen MR) is 83.4 cm³/mol.